The number of rotatable bonds is 7. The second-order valence-corrected chi connectivity index (χ2v) is 12.6. The standard InChI is InChI=1S/C35H35N5O7/c1-34(2,3)45-32(43)38(22-23-13-9-11-17-36-23)24-19-25(39(29-16-10-12-18-37-29)33(44)46-35(4,5)6)21-26(20-24)47-40-30(41)27-14-7-8-15-28(27)31(40)42/h7-21H,22H2,1-6H3. The monoisotopic (exact) mass is 637 g/mol. The van der Waals surface area contributed by atoms with Crippen molar-refractivity contribution in [3.05, 3.63) is 108 Å². The Bertz CT molecular complexity index is 1770. The van der Waals surface area contributed by atoms with Crippen LogP contribution in [0.3, 0.4) is 0 Å². The molecule has 0 N–H and O–H groups in total. The van der Waals surface area contributed by atoms with E-state index in [1.807, 2.05) is 0 Å². The molecule has 12 nitrogen and oxygen atoms in total. The summed E-state index contributed by atoms with van der Waals surface area (Å²) in [4.78, 5) is 71.2. The quantitative estimate of drug-likeness (QED) is 0.195. The number of pyridine rings is 2. The van der Waals surface area contributed by atoms with E-state index >= 15 is 0 Å². The minimum atomic E-state index is -0.872. The number of amides is 4. The zero-order valence-corrected chi connectivity index (χ0v) is 27.0. The average molecular weight is 638 g/mol. The second-order valence-electron chi connectivity index (χ2n) is 12.6. The third-order valence-corrected chi connectivity index (χ3v) is 6.51. The first-order chi connectivity index (χ1) is 22.2. The number of anilines is 3. The fourth-order valence-corrected chi connectivity index (χ4v) is 4.62. The van der Waals surface area contributed by atoms with Crippen molar-refractivity contribution < 1.29 is 33.5 Å². The first-order valence-corrected chi connectivity index (χ1v) is 14.9. The van der Waals surface area contributed by atoms with Gasteiger partial charge in [0.15, 0.2) is 5.75 Å². The lowest BCUT2D eigenvalue weighted by atomic mass is 10.1. The van der Waals surface area contributed by atoms with E-state index in [2.05, 4.69) is 9.97 Å². The lowest BCUT2D eigenvalue weighted by molar-refractivity contribution is -0.0141. The minimum absolute atomic E-state index is 0.0261. The molecule has 2 aromatic carbocycles. The zero-order chi connectivity index (χ0) is 33.9. The van der Waals surface area contributed by atoms with Gasteiger partial charge in [-0.25, -0.2) is 19.5 Å². The second kappa shape index (κ2) is 12.9. The molecule has 4 amide bonds. The first-order valence-electron chi connectivity index (χ1n) is 14.9. The molecular weight excluding hydrogens is 602 g/mol. The van der Waals surface area contributed by atoms with Crippen LogP contribution in [0.15, 0.2) is 91.3 Å². The molecule has 1 aliphatic rings. The molecule has 0 aliphatic carbocycles. The molecule has 12 heteroatoms. The van der Waals surface area contributed by atoms with Crippen molar-refractivity contribution in [3.8, 4) is 5.75 Å². The van der Waals surface area contributed by atoms with E-state index in [0.29, 0.717) is 10.8 Å². The van der Waals surface area contributed by atoms with Gasteiger partial charge in [0.1, 0.15) is 17.0 Å². The minimum Gasteiger partial charge on any atom is -0.443 e. The number of benzene rings is 2. The summed E-state index contributed by atoms with van der Waals surface area (Å²) in [5, 5.41) is 0.642. The number of aromatic nitrogens is 2. The molecule has 4 aromatic rings. The van der Waals surface area contributed by atoms with Crippen LogP contribution in [0.2, 0.25) is 0 Å². The van der Waals surface area contributed by atoms with E-state index in [4.69, 9.17) is 14.3 Å². The highest BCUT2D eigenvalue weighted by Gasteiger charge is 2.38. The number of hydrogen-bond acceptors (Lipinski definition) is 9. The van der Waals surface area contributed by atoms with Gasteiger partial charge in [-0.15, -0.1) is 0 Å². The van der Waals surface area contributed by atoms with Gasteiger partial charge in [0, 0.05) is 24.5 Å². The zero-order valence-electron chi connectivity index (χ0n) is 27.0. The van der Waals surface area contributed by atoms with Gasteiger partial charge in [0.05, 0.1) is 34.7 Å². The SMILES string of the molecule is CC(C)(C)OC(=O)N(Cc1ccccn1)c1cc(ON2C(=O)c3ccccc3C2=O)cc(N(C(=O)OC(C)(C)C)c2ccccn2)c1. The molecule has 47 heavy (non-hydrogen) atoms. The molecule has 242 valence electrons. The summed E-state index contributed by atoms with van der Waals surface area (Å²) in [7, 11) is 0. The maximum Gasteiger partial charge on any atom is 0.420 e. The molecule has 1 aliphatic heterocycles. The Morgan fingerprint density at radius 3 is 1.81 bits per heavy atom. The van der Waals surface area contributed by atoms with Crippen molar-refractivity contribution in [1.82, 2.24) is 15.0 Å². The highest BCUT2D eigenvalue weighted by atomic mass is 16.7. The van der Waals surface area contributed by atoms with Crippen LogP contribution >= 0.6 is 0 Å². The predicted octanol–water partition coefficient (Wildman–Crippen LogP) is 7.08. The maximum absolute atomic E-state index is 13.8. The average Bonchev–Trinajstić information content (AvgIpc) is 3.24. The predicted molar refractivity (Wildman–Crippen MR) is 173 cm³/mol. The number of hydroxylamine groups is 2. The fraction of sp³-hybridized carbons (Fsp3) is 0.257. The molecule has 0 fully saturated rings. The molecule has 2 aromatic heterocycles. The van der Waals surface area contributed by atoms with Gasteiger partial charge in [0.2, 0.25) is 0 Å². The van der Waals surface area contributed by atoms with E-state index in [0.717, 1.165) is 0 Å². The van der Waals surface area contributed by atoms with Gasteiger partial charge >= 0.3 is 12.2 Å². The van der Waals surface area contributed by atoms with Crippen molar-refractivity contribution >= 4 is 41.2 Å². The van der Waals surface area contributed by atoms with Crippen LogP contribution in [0.25, 0.3) is 0 Å². The molecule has 0 unspecified atom stereocenters. The number of carbonyl (C=O) groups excluding carboxylic acids is 4. The molecular formula is C35H35N5O7. The normalized spacial score (nSPS) is 12.8. The number of fused-ring (bicyclic) bond motifs is 1. The van der Waals surface area contributed by atoms with Gasteiger partial charge in [-0.1, -0.05) is 29.3 Å². The molecule has 0 saturated heterocycles. The fourth-order valence-electron chi connectivity index (χ4n) is 4.62. The lowest BCUT2D eigenvalue weighted by Crippen LogP contribution is -2.37. The smallest absolute Gasteiger partial charge is 0.420 e. The van der Waals surface area contributed by atoms with Crippen LogP contribution < -0.4 is 14.6 Å². The van der Waals surface area contributed by atoms with Gasteiger partial charge in [-0.3, -0.25) is 19.5 Å². The van der Waals surface area contributed by atoms with Gasteiger partial charge in [0.25, 0.3) is 11.8 Å². The van der Waals surface area contributed by atoms with Crippen molar-refractivity contribution in [2.24, 2.45) is 0 Å². The number of hydrogen-bond donors (Lipinski definition) is 0. The van der Waals surface area contributed by atoms with E-state index < -0.39 is 35.2 Å². The summed E-state index contributed by atoms with van der Waals surface area (Å²) in [5.41, 5.74) is -0.447. The molecule has 0 saturated carbocycles. The Balaban J connectivity index is 1.67. The Hall–Kier alpha value is -5.78. The van der Waals surface area contributed by atoms with Crippen LogP contribution in [0.4, 0.5) is 26.8 Å². The van der Waals surface area contributed by atoms with Crippen LogP contribution in [0.1, 0.15) is 68.0 Å². The number of nitrogens with zero attached hydrogens (tertiary/aromatic N) is 5. The van der Waals surface area contributed by atoms with Gasteiger partial charge < -0.3 is 14.3 Å². The Kier molecular flexibility index (Phi) is 8.96. The third kappa shape index (κ3) is 7.72. The Morgan fingerprint density at radius 2 is 1.26 bits per heavy atom. The van der Waals surface area contributed by atoms with E-state index in [1.165, 1.54) is 40.3 Å². The molecule has 3 heterocycles. The number of ether oxygens (including phenoxy) is 2. The number of carbonyl (C=O) groups is 4. The summed E-state index contributed by atoms with van der Waals surface area (Å²) >= 11 is 0. The van der Waals surface area contributed by atoms with Gasteiger partial charge in [-0.05, 0) is 84.0 Å². The number of imide groups is 1. The third-order valence-electron chi connectivity index (χ3n) is 6.51. The first kappa shape index (κ1) is 32.6. The summed E-state index contributed by atoms with van der Waals surface area (Å²) in [6.07, 6.45) is 1.63. The molecule has 0 bridgehead atoms. The van der Waals surface area contributed by atoms with Crippen LogP contribution in [-0.2, 0) is 16.0 Å². The van der Waals surface area contributed by atoms with Crippen LogP contribution in [0, 0.1) is 0 Å². The Morgan fingerprint density at radius 1 is 0.702 bits per heavy atom. The summed E-state index contributed by atoms with van der Waals surface area (Å²) in [6, 6.07) is 21.1. The van der Waals surface area contributed by atoms with E-state index in [-0.39, 0.29) is 40.6 Å². The maximum atomic E-state index is 13.8. The molecule has 0 spiro atoms. The summed E-state index contributed by atoms with van der Waals surface area (Å²) < 4.78 is 11.5. The van der Waals surface area contributed by atoms with E-state index in [9.17, 15) is 19.2 Å². The van der Waals surface area contributed by atoms with Crippen LogP contribution in [-0.4, -0.2) is 50.2 Å². The highest BCUT2D eigenvalue weighted by molar-refractivity contribution is 6.20. The highest BCUT2D eigenvalue weighted by Crippen LogP contribution is 2.36. The largest absolute Gasteiger partial charge is 0.443 e. The van der Waals surface area contributed by atoms with Crippen molar-refractivity contribution in [2.75, 3.05) is 9.80 Å². The van der Waals surface area contributed by atoms with Crippen molar-refractivity contribution in [3.63, 3.8) is 0 Å². The molecule has 0 atom stereocenters. The van der Waals surface area contributed by atoms with Crippen molar-refractivity contribution in [1.29, 1.82) is 0 Å². The molecule has 5 rings (SSSR count). The van der Waals surface area contributed by atoms with E-state index in [1.54, 1.807) is 102 Å². The summed E-state index contributed by atoms with van der Waals surface area (Å²) in [6.45, 7) is 10.4. The summed E-state index contributed by atoms with van der Waals surface area (Å²) in [5.74, 6) is -1.15. The topological polar surface area (TPSA) is 131 Å². The van der Waals surface area contributed by atoms with Crippen LogP contribution in [0.5, 0.6) is 5.75 Å². The lowest BCUT2D eigenvalue weighted by Gasteiger charge is -2.30. The molecule has 0 radical (unpaired) electrons. The Labute approximate surface area is 272 Å². The van der Waals surface area contributed by atoms with Gasteiger partial charge in [-0.2, -0.15) is 0 Å². The van der Waals surface area contributed by atoms with Crippen molar-refractivity contribution in [2.45, 2.75) is 59.3 Å².